The summed E-state index contributed by atoms with van der Waals surface area (Å²) in [5.41, 5.74) is 1.10. The summed E-state index contributed by atoms with van der Waals surface area (Å²) in [5.74, 6) is 1.91. The molecular formula is C22H46N2O2. The molecule has 2 aliphatic rings. The van der Waals surface area contributed by atoms with Crippen molar-refractivity contribution in [3.63, 3.8) is 0 Å². The number of rotatable bonds is 4. The van der Waals surface area contributed by atoms with Gasteiger partial charge in [-0.25, -0.2) is 0 Å². The number of hydrogen-bond acceptors (Lipinski definition) is 3. The van der Waals surface area contributed by atoms with E-state index >= 15 is 0 Å². The van der Waals surface area contributed by atoms with Crippen LogP contribution in [0.5, 0.6) is 0 Å². The van der Waals surface area contributed by atoms with Gasteiger partial charge >= 0.3 is 0 Å². The van der Waals surface area contributed by atoms with Gasteiger partial charge in [0.05, 0.1) is 11.1 Å². The molecular weight excluding hydrogens is 324 g/mol. The van der Waals surface area contributed by atoms with Crippen molar-refractivity contribution in [2.24, 2.45) is 28.3 Å². The minimum absolute atomic E-state index is 0. The van der Waals surface area contributed by atoms with Crippen LogP contribution in [0.2, 0.25) is 0 Å². The lowest BCUT2D eigenvalue weighted by molar-refractivity contribution is -0.138. The summed E-state index contributed by atoms with van der Waals surface area (Å²) < 4.78 is 0. The van der Waals surface area contributed by atoms with E-state index < -0.39 is 0 Å². The molecule has 0 saturated carbocycles. The van der Waals surface area contributed by atoms with E-state index in [1.54, 1.807) is 0 Å². The first-order chi connectivity index (χ1) is 11.0. The van der Waals surface area contributed by atoms with Crippen molar-refractivity contribution in [2.75, 3.05) is 6.54 Å². The highest BCUT2D eigenvalue weighted by Gasteiger charge is 2.45. The van der Waals surface area contributed by atoms with Gasteiger partial charge < -0.3 is 9.74 Å². The minimum Gasteiger partial charge on any atom is -0.392 e. The molecule has 0 aromatic heterocycles. The molecule has 0 bridgehead atoms. The summed E-state index contributed by atoms with van der Waals surface area (Å²) in [6.45, 7) is 20.1. The molecule has 0 radical (unpaired) electrons. The van der Waals surface area contributed by atoms with Crippen LogP contribution in [0.25, 0.3) is 0 Å². The summed E-state index contributed by atoms with van der Waals surface area (Å²) >= 11 is 0. The number of nitrogens with zero attached hydrogens (tertiary/aromatic N) is 2. The van der Waals surface area contributed by atoms with E-state index in [0.717, 1.165) is 19.4 Å². The number of oxime groups is 1. The lowest BCUT2D eigenvalue weighted by Crippen LogP contribution is -2.39. The monoisotopic (exact) mass is 370 g/mol. The zero-order valence-electron chi connectivity index (χ0n) is 17.2. The van der Waals surface area contributed by atoms with Crippen molar-refractivity contribution in [3.8, 4) is 0 Å². The van der Waals surface area contributed by atoms with E-state index in [9.17, 15) is 4.79 Å². The smallest absolute Gasteiger partial charge is 0.229 e. The zero-order chi connectivity index (χ0) is 18.7. The molecule has 0 aliphatic carbocycles. The maximum absolute atomic E-state index is 12.0. The lowest BCUT2D eigenvalue weighted by Gasteiger charge is -2.28. The lowest BCUT2D eigenvalue weighted by atomic mass is 9.78. The highest BCUT2D eigenvalue weighted by Crippen LogP contribution is 2.39. The van der Waals surface area contributed by atoms with Gasteiger partial charge in [0.25, 0.3) is 0 Å². The fourth-order valence-corrected chi connectivity index (χ4v) is 3.03. The first-order valence-corrected chi connectivity index (χ1v) is 9.54. The Kier molecular flexibility index (Phi) is 11.4. The second-order valence-corrected chi connectivity index (χ2v) is 8.74. The van der Waals surface area contributed by atoms with Gasteiger partial charge in [-0.15, -0.1) is 0 Å². The van der Waals surface area contributed by atoms with Crippen LogP contribution >= 0.6 is 0 Å². The van der Waals surface area contributed by atoms with E-state index in [-0.39, 0.29) is 20.3 Å². The fraction of sp³-hybridized carbons (Fsp3) is 0.909. The van der Waals surface area contributed by atoms with Crippen LogP contribution in [0.3, 0.4) is 0 Å². The van der Waals surface area contributed by atoms with Crippen LogP contribution in [0.4, 0.5) is 0 Å². The molecule has 1 amide bonds. The Labute approximate surface area is 163 Å². The molecule has 2 aliphatic heterocycles. The van der Waals surface area contributed by atoms with Crippen molar-refractivity contribution in [2.45, 2.75) is 102 Å². The van der Waals surface area contributed by atoms with E-state index in [1.165, 1.54) is 5.71 Å². The molecule has 156 valence electrons. The Morgan fingerprint density at radius 3 is 1.85 bits per heavy atom. The predicted octanol–water partition coefficient (Wildman–Crippen LogP) is 6.00. The average Bonchev–Trinajstić information content (AvgIpc) is 3.07. The van der Waals surface area contributed by atoms with Gasteiger partial charge in [-0.1, -0.05) is 68.5 Å². The van der Waals surface area contributed by atoms with Crippen LogP contribution < -0.4 is 0 Å². The van der Waals surface area contributed by atoms with Gasteiger partial charge in [0, 0.05) is 19.0 Å². The Morgan fingerprint density at radius 2 is 1.62 bits per heavy atom. The second kappa shape index (κ2) is 10.9. The molecule has 1 saturated heterocycles. The van der Waals surface area contributed by atoms with Crippen molar-refractivity contribution in [1.29, 1.82) is 0 Å². The molecule has 2 unspecified atom stereocenters. The standard InChI is InChI=1S/C11H21NO.C9H17NO.2CH4/c1-8(2)11(5)6-7-12(9(3)4)10(11)13;1-6(2)8-5-9(7(3)4)11-10-8;;/h8-9H,6-7H2,1-5H3;6-7,9H,5H2,1-4H3;2*1H4. The van der Waals surface area contributed by atoms with Crippen molar-refractivity contribution < 1.29 is 9.63 Å². The number of likely N-dealkylation sites (tertiary alicyclic amines) is 1. The van der Waals surface area contributed by atoms with Crippen molar-refractivity contribution in [1.82, 2.24) is 4.90 Å². The molecule has 2 heterocycles. The van der Waals surface area contributed by atoms with E-state index in [2.05, 4.69) is 67.5 Å². The maximum Gasteiger partial charge on any atom is 0.229 e. The first-order valence-electron chi connectivity index (χ1n) is 9.54. The molecule has 0 aromatic rings. The fourth-order valence-electron chi connectivity index (χ4n) is 3.03. The number of carbonyl (C=O) groups excluding carboxylic acids is 1. The molecule has 4 nitrogen and oxygen atoms in total. The highest BCUT2D eigenvalue weighted by molar-refractivity contribution is 5.87. The first kappa shape index (κ1) is 27.2. The van der Waals surface area contributed by atoms with Crippen LogP contribution in [0.15, 0.2) is 5.16 Å². The molecule has 4 heteroatoms. The number of carbonyl (C=O) groups is 1. The Balaban J connectivity index is 0. The Hall–Kier alpha value is -1.06. The van der Waals surface area contributed by atoms with E-state index in [4.69, 9.17) is 4.84 Å². The third-order valence-corrected chi connectivity index (χ3v) is 5.64. The average molecular weight is 371 g/mol. The van der Waals surface area contributed by atoms with E-state index in [1.807, 2.05) is 4.90 Å². The third-order valence-electron chi connectivity index (χ3n) is 5.64. The van der Waals surface area contributed by atoms with Crippen molar-refractivity contribution in [3.05, 3.63) is 0 Å². The predicted molar refractivity (Wildman–Crippen MR) is 114 cm³/mol. The van der Waals surface area contributed by atoms with Gasteiger partial charge in [-0.3, -0.25) is 4.79 Å². The summed E-state index contributed by atoms with van der Waals surface area (Å²) in [5, 5.41) is 4.05. The van der Waals surface area contributed by atoms with Gasteiger partial charge in [-0.2, -0.15) is 0 Å². The molecule has 0 aromatic carbocycles. The molecule has 0 spiro atoms. The number of hydrogen-bond donors (Lipinski definition) is 0. The third kappa shape index (κ3) is 6.28. The topological polar surface area (TPSA) is 41.9 Å². The summed E-state index contributed by atoms with van der Waals surface area (Å²) in [4.78, 5) is 19.3. The van der Waals surface area contributed by atoms with Crippen LogP contribution in [-0.2, 0) is 9.63 Å². The Morgan fingerprint density at radius 1 is 1.08 bits per heavy atom. The normalized spacial score (nSPS) is 25.0. The molecule has 1 fully saturated rings. The van der Waals surface area contributed by atoms with E-state index in [0.29, 0.717) is 35.8 Å². The van der Waals surface area contributed by atoms with Crippen LogP contribution in [0.1, 0.15) is 90.0 Å². The summed E-state index contributed by atoms with van der Waals surface area (Å²) in [7, 11) is 0. The summed E-state index contributed by atoms with van der Waals surface area (Å²) in [6, 6.07) is 0.355. The zero-order valence-corrected chi connectivity index (χ0v) is 17.2. The van der Waals surface area contributed by atoms with Crippen LogP contribution in [0, 0.1) is 23.2 Å². The van der Waals surface area contributed by atoms with Crippen LogP contribution in [-0.4, -0.2) is 35.2 Å². The largest absolute Gasteiger partial charge is 0.392 e. The summed E-state index contributed by atoms with van der Waals surface area (Å²) in [6.07, 6.45) is 2.36. The van der Waals surface area contributed by atoms with Crippen molar-refractivity contribution >= 4 is 11.6 Å². The van der Waals surface area contributed by atoms with Gasteiger partial charge in [0.2, 0.25) is 5.91 Å². The Bertz CT molecular complexity index is 455. The molecule has 0 N–H and O–H groups in total. The quantitative estimate of drug-likeness (QED) is 0.608. The molecule has 26 heavy (non-hydrogen) atoms. The highest BCUT2D eigenvalue weighted by atomic mass is 16.6. The molecule has 2 atom stereocenters. The second-order valence-electron chi connectivity index (χ2n) is 8.74. The SMILES string of the molecule is C.C.CC(C)C1=NOC(C(C)C)C1.CC(C)N1CCC(C)(C(C)C)C1=O. The van der Waals surface area contributed by atoms with Gasteiger partial charge in [-0.05, 0) is 38.0 Å². The minimum atomic E-state index is -0.107. The van der Waals surface area contributed by atoms with Gasteiger partial charge in [0.15, 0.2) is 0 Å². The number of amides is 1. The molecule has 2 rings (SSSR count). The van der Waals surface area contributed by atoms with Gasteiger partial charge in [0.1, 0.15) is 6.10 Å². The maximum atomic E-state index is 12.0.